The van der Waals surface area contributed by atoms with Crippen molar-refractivity contribution in [3.63, 3.8) is 0 Å². The van der Waals surface area contributed by atoms with Crippen LogP contribution in [0.3, 0.4) is 0 Å². The SMILES string of the molecule is Cc1cc(S(=O)(=O)N(C)CC(F)F)ccc1C(N)=S. The van der Waals surface area contributed by atoms with Crippen LogP contribution in [0, 0.1) is 6.92 Å². The Morgan fingerprint density at radius 3 is 2.47 bits per heavy atom. The van der Waals surface area contributed by atoms with Crippen molar-refractivity contribution < 1.29 is 17.2 Å². The van der Waals surface area contributed by atoms with Gasteiger partial charge in [0.1, 0.15) is 4.99 Å². The van der Waals surface area contributed by atoms with E-state index in [1.807, 2.05) is 0 Å². The zero-order chi connectivity index (χ0) is 14.8. The molecule has 1 aromatic carbocycles. The van der Waals surface area contributed by atoms with E-state index in [1.54, 1.807) is 6.92 Å². The van der Waals surface area contributed by atoms with Gasteiger partial charge in [-0.15, -0.1) is 0 Å². The van der Waals surface area contributed by atoms with E-state index in [9.17, 15) is 17.2 Å². The highest BCUT2D eigenvalue weighted by Crippen LogP contribution is 2.19. The molecule has 0 aliphatic heterocycles. The lowest BCUT2D eigenvalue weighted by molar-refractivity contribution is 0.126. The number of nitrogens with two attached hydrogens (primary N) is 1. The van der Waals surface area contributed by atoms with Crippen molar-refractivity contribution in [3.05, 3.63) is 29.3 Å². The zero-order valence-electron chi connectivity index (χ0n) is 10.4. The summed E-state index contributed by atoms with van der Waals surface area (Å²) >= 11 is 4.81. The molecule has 0 aliphatic rings. The van der Waals surface area contributed by atoms with Crippen LogP contribution in [-0.4, -0.2) is 37.7 Å². The van der Waals surface area contributed by atoms with Crippen molar-refractivity contribution in [1.82, 2.24) is 4.31 Å². The van der Waals surface area contributed by atoms with Crippen LogP contribution < -0.4 is 5.73 Å². The number of aryl methyl sites for hydroxylation is 1. The summed E-state index contributed by atoms with van der Waals surface area (Å²) in [5.41, 5.74) is 6.61. The maximum absolute atomic E-state index is 12.2. The molecule has 0 unspecified atom stereocenters. The third kappa shape index (κ3) is 3.68. The summed E-state index contributed by atoms with van der Waals surface area (Å²) in [5.74, 6) is 0. The van der Waals surface area contributed by atoms with Crippen molar-refractivity contribution in [2.75, 3.05) is 13.6 Å². The molecule has 0 saturated heterocycles. The maximum atomic E-state index is 12.2. The molecular formula is C11H14F2N2O2S2. The standard InChI is InChI=1S/C11H14F2N2O2S2/c1-7-5-8(3-4-9(7)11(14)18)19(16,17)15(2)6-10(12)13/h3-5,10H,6H2,1-2H3,(H2,14,18). The van der Waals surface area contributed by atoms with Crippen LogP contribution in [0.4, 0.5) is 8.78 Å². The molecule has 19 heavy (non-hydrogen) atoms. The van der Waals surface area contributed by atoms with Gasteiger partial charge in [0.25, 0.3) is 6.43 Å². The van der Waals surface area contributed by atoms with Crippen LogP contribution in [-0.2, 0) is 10.0 Å². The number of rotatable bonds is 5. The van der Waals surface area contributed by atoms with Crippen molar-refractivity contribution >= 4 is 27.2 Å². The summed E-state index contributed by atoms with van der Waals surface area (Å²) in [5, 5.41) is 0. The van der Waals surface area contributed by atoms with Gasteiger partial charge in [-0.25, -0.2) is 17.2 Å². The first-order chi connectivity index (χ1) is 8.66. The van der Waals surface area contributed by atoms with E-state index in [4.69, 9.17) is 18.0 Å². The van der Waals surface area contributed by atoms with Crippen LogP contribution in [0.1, 0.15) is 11.1 Å². The lowest BCUT2D eigenvalue weighted by atomic mass is 10.1. The molecule has 0 spiro atoms. The van der Waals surface area contributed by atoms with Gasteiger partial charge in [-0.2, -0.15) is 4.31 Å². The van der Waals surface area contributed by atoms with Crippen LogP contribution in [0.5, 0.6) is 0 Å². The van der Waals surface area contributed by atoms with Crippen molar-refractivity contribution in [1.29, 1.82) is 0 Å². The van der Waals surface area contributed by atoms with Crippen LogP contribution in [0.25, 0.3) is 0 Å². The van der Waals surface area contributed by atoms with Crippen molar-refractivity contribution in [2.24, 2.45) is 5.73 Å². The Kier molecular flexibility index (Phi) is 4.94. The first kappa shape index (κ1) is 15.9. The quantitative estimate of drug-likeness (QED) is 0.838. The molecule has 0 saturated carbocycles. The predicted molar refractivity (Wildman–Crippen MR) is 72.9 cm³/mol. The Morgan fingerprint density at radius 1 is 1.47 bits per heavy atom. The average Bonchev–Trinajstić information content (AvgIpc) is 2.27. The maximum Gasteiger partial charge on any atom is 0.252 e. The second-order valence-electron chi connectivity index (χ2n) is 4.02. The van der Waals surface area contributed by atoms with Gasteiger partial charge in [-0.3, -0.25) is 0 Å². The van der Waals surface area contributed by atoms with Crippen molar-refractivity contribution in [2.45, 2.75) is 18.2 Å². The highest BCUT2D eigenvalue weighted by atomic mass is 32.2. The fraction of sp³-hybridized carbons (Fsp3) is 0.364. The molecular weight excluding hydrogens is 294 g/mol. The fourth-order valence-corrected chi connectivity index (χ4v) is 3.01. The Balaban J connectivity index is 3.16. The monoisotopic (exact) mass is 308 g/mol. The minimum absolute atomic E-state index is 0.0619. The van der Waals surface area contributed by atoms with E-state index in [-0.39, 0.29) is 9.88 Å². The largest absolute Gasteiger partial charge is 0.389 e. The van der Waals surface area contributed by atoms with Gasteiger partial charge in [0, 0.05) is 12.6 Å². The van der Waals surface area contributed by atoms with E-state index >= 15 is 0 Å². The van der Waals surface area contributed by atoms with Crippen molar-refractivity contribution in [3.8, 4) is 0 Å². The normalized spacial score (nSPS) is 12.1. The molecule has 0 radical (unpaired) electrons. The zero-order valence-corrected chi connectivity index (χ0v) is 12.1. The molecule has 0 heterocycles. The minimum atomic E-state index is -3.93. The Bertz CT molecular complexity index is 588. The molecule has 0 atom stereocenters. The molecule has 0 amide bonds. The van der Waals surface area contributed by atoms with E-state index in [2.05, 4.69) is 0 Å². The van der Waals surface area contributed by atoms with E-state index in [0.29, 0.717) is 15.4 Å². The molecule has 1 rings (SSSR count). The lowest BCUT2D eigenvalue weighted by Gasteiger charge is -2.17. The Hall–Kier alpha value is -1.12. The first-order valence-electron chi connectivity index (χ1n) is 5.31. The number of alkyl halides is 2. The van der Waals surface area contributed by atoms with Crippen LogP contribution >= 0.6 is 12.2 Å². The summed E-state index contributed by atoms with van der Waals surface area (Å²) < 4.78 is 49.2. The van der Waals surface area contributed by atoms with Gasteiger partial charge in [0.2, 0.25) is 10.0 Å². The predicted octanol–water partition coefficient (Wildman–Crippen LogP) is 1.51. The van der Waals surface area contributed by atoms with Crippen LogP contribution in [0.2, 0.25) is 0 Å². The fourth-order valence-electron chi connectivity index (χ4n) is 1.55. The summed E-state index contributed by atoms with van der Waals surface area (Å²) in [6.07, 6.45) is -2.73. The molecule has 0 fully saturated rings. The molecule has 0 aliphatic carbocycles. The summed E-state index contributed by atoms with van der Waals surface area (Å²) in [7, 11) is -2.82. The van der Waals surface area contributed by atoms with E-state index < -0.39 is 23.0 Å². The lowest BCUT2D eigenvalue weighted by Crippen LogP contribution is -2.31. The number of sulfonamides is 1. The third-order valence-corrected chi connectivity index (χ3v) is 4.61. The molecule has 4 nitrogen and oxygen atoms in total. The first-order valence-corrected chi connectivity index (χ1v) is 7.16. The molecule has 2 N–H and O–H groups in total. The number of hydrogen-bond donors (Lipinski definition) is 1. The number of hydrogen-bond acceptors (Lipinski definition) is 3. The van der Waals surface area contributed by atoms with E-state index in [0.717, 1.165) is 7.05 Å². The molecule has 1 aromatic rings. The second kappa shape index (κ2) is 5.89. The van der Waals surface area contributed by atoms with Gasteiger partial charge in [-0.1, -0.05) is 18.3 Å². The highest BCUT2D eigenvalue weighted by molar-refractivity contribution is 7.89. The van der Waals surface area contributed by atoms with E-state index in [1.165, 1.54) is 18.2 Å². The van der Waals surface area contributed by atoms with Gasteiger partial charge in [0.15, 0.2) is 0 Å². The molecule has 0 bridgehead atoms. The van der Waals surface area contributed by atoms with Gasteiger partial charge >= 0.3 is 0 Å². The van der Waals surface area contributed by atoms with Gasteiger partial charge in [-0.05, 0) is 24.6 Å². The Morgan fingerprint density at radius 2 is 2.05 bits per heavy atom. The number of thiocarbonyl (C=S) groups is 1. The number of halogens is 2. The third-order valence-electron chi connectivity index (χ3n) is 2.57. The summed E-state index contributed by atoms with van der Waals surface area (Å²) in [6.45, 7) is 0.805. The second-order valence-corrected chi connectivity index (χ2v) is 6.50. The van der Waals surface area contributed by atoms with Crippen LogP contribution in [0.15, 0.2) is 23.1 Å². The molecule has 106 valence electrons. The summed E-state index contributed by atoms with van der Waals surface area (Å²) in [4.78, 5) is 0.0931. The number of nitrogens with zero attached hydrogens (tertiary/aromatic N) is 1. The average molecular weight is 308 g/mol. The highest BCUT2D eigenvalue weighted by Gasteiger charge is 2.24. The van der Waals surface area contributed by atoms with Gasteiger partial charge in [0.05, 0.1) is 11.4 Å². The molecule has 0 aromatic heterocycles. The topological polar surface area (TPSA) is 63.4 Å². The Labute approximate surface area is 116 Å². The minimum Gasteiger partial charge on any atom is -0.389 e. The summed E-state index contributed by atoms with van der Waals surface area (Å²) in [6, 6.07) is 4.14. The molecule has 8 heteroatoms. The number of benzene rings is 1. The van der Waals surface area contributed by atoms with Gasteiger partial charge < -0.3 is 5.73 Å². The smallest absolute Gasteiger partial charge is 0.252 e.